The first kappa shape index (κ1) is 31.3. The third kappa shape index (κ3) is 5.30. The van der Waals surface area contributed by atoms with Gasteiger partial charge in [0.05, 0.1) is 30.9 Å². The Morgan fingerprint density at radius 3 is 2.63 bits per heavy atom. The van der Waals surface area contributed by atoms with Crippen LogP contribution in [-0.4, -0.2) is 88.2 Å². The van der Waals surface area contributed by atoms with Crippen LogP contribution in [0.5, 0.6) is 17.2 Å². The molecule has 0 aliphatic carbocycles. The molecule has 0 bridgehead atoms. The van der Waals surface area contributed by atoms with Gasteiger partial charge in [0, 0.05) is 62.0 Å². The predicted molar refractivity (Wildman–Crippen MR) is 170 cm³/mol. The first-order valence-electron chi connectivity index (χ1n) is 14.7. The van der Waals surface area contributed by atoms with Gasteiger partial charge in [-0.1, -0.05) is 11.6 Å². The number of phenols is 1. The van der Waals surface area contributed by atoms with Gasteiger partial charge in [-0.3, -0.25) is 19.0 Å². The second-order valence-corrected chi connectivity index (χ2v) is 11.9. The molecule has 0 saturated carbocycles. The number of nitrogens with one attached hydrogen (secondary N) is 1. The van der Waals surface area contributed by atoms with Crippen molar-refractivity contribution in [2.24, 2.45) is 0 Å². The zero-order valence-electron chi connectivity index (χ0n) is 25.8. The highest BCUT2D eigenvalue weighted by Crippen LogP contribution is 2.47. The number of piperazine rings is 1. The van der Waals surface area contributed by atoms with Crippen LogP contribution in [0.25, 0.3) is 22.2 Å². The number of hydrogen-bond acceptors (Lipinski definition) is 10. The molecule has 46 heavy (non-hydrogen) atoms. The van der Waals surface area contributed by atoms with Crippen LogP contribution in [0.3, 0.4) is 0 Å². The number of aromatic nitrogens is 4. The summed E-state index contributed by atoms with van der Waals surface area (Å²) in [5, 5.41) is 13.2. The van der Waals surface area contributed by atoms with Gasteiger partial charge in [-0.25, -0.2) is 9.97 Å². The number of benzene rings is 1. The second-order valence-electron chi connectivity index (χ2n) is 11.5. The predicted octanol–water partition coefficient (Wildman–Crippen LogP) is 3.31. The number of amides is 1. The molecule has 0 radical (unpaired) electrons. The third-order valence-electron chi connectivity index (χ3n) is 8.52. The lowest BCUT2D eigenvalue weighted by molar-refractivity contribution is -0.116. The van der Waals surface area contributed by atoms with Gasteiger partial charge in [0.15, 0.2) is 17.8 Å². The van der Waals surface area contributed by atoms with Crippen molar-refractivity contribution < 1.29 is 28.6 Å². The summed E-state index contributed by atoms with van der Waals surface area (Å²) >= 11 is 6.26. The van der Waals surface area contributed by atoms with E-state index < -0.39 is 17.6 Å². The van der Waals surface area contributed by atoms with Crippen molar-refractivity contribution in [3.63, 3.8) is 0 Å². The molecule has 5 heterocycles. The lowest BCUT2D eigenvalue weighted by Crippen LogP contribution is -2.50. The smallest absolute Gasteiger partial charge is 0.263 e. The summed E-state index contributed by atoms with van der Waals surface area (Å²) in [4.78, 5) is 52.1. The molecule has 1 aromatic carbocycles. The van der Waals surface area contributed by atoms with E-state index in [2.05, 4.69) is 15.2 Å². The first-order valence-corrected chi connectivity index (χ1v) is 15.1. The van der Waals surface area contributed by atoms with Gasteiger partial charge < -0.3 is 34.3 Å². The molecule has 2 aliphatic rings. The lowest BCUT2D eigenvalue weighted by atomic mass is 10.0. The summed E-state index contributed by atoms with van der Waals surface area (Å²) < 4.78 is 28.9. The Hall–Kier alpha value is -4.69. The molecule has 1 amide bonds. The number of pyridine rings is 1. The molecule has 13 nitrogen and oxygen atoms in total. The van der Waals surface area contributed by atoms with E-state index in [0.717, 1.165) is 19.5 Å². The standard InChI is InChI=1S/C31H33ClFN7O6/c1-16-12-37(2)8-9-39(16)22-11-20(25(32)29(33)35-22)34-23(42)14-38-13-19(24-30(38)36-21-6-5-7-40(21)31(24)44)18-10-17(15-41)26(43)28(46-4)27(18)45-3/h10-11,13,15-16,43H,5-9,12,14H2,1-4H3,(H,34,35,42). The summed E-state index contributed by atoms with van der Waals surface area (Å²) in [6.45, 7) is 4.34. The van der Waals surface area contributed by atoms with E-state index in [1.165, 1.54) is 24.9 Å². The Bertz CT molecular complexity index is 1940. The Kier molecular flexibility index (Phi) is 8.33. The van der Waals surface area contributed by atoms with Crippen LogP contribution < -0.4 is 25.2 Å². The zero-order valence-corrected chi connectivity index (χ0v) is 26.5. The van der Waals surface area contributed by atoms with Crippen molar-refractivity contribution in [2.75, 3.05) is 51.1 Å². The van der Waals surface area contributed by atoms with Crippen molar-refractivity contribution in [1.29, 1.82) is 0 Å². The number of fused-ring (bicyclic) bond motifs is 2. The number of carbonyl (C=O) groups excluding carboxylic acids is 2. The molecular weight excluding hydrogens is 621 g/mol. The molecule has 4 aromatic rings. The minimum atomic E-state index is -0.904. The summed E-state index contributed by atoms with van der Waals surface area (Å²) in [5.74, 6) is -0.936. The number of methoxy groups -OCH3 is 2. The molecule has 1 saturated heterocycles. The number of aldehydes is 1. The van der Waals surface area contributed by atoms with Crippen molar-refractivity contribution >= 4 is 46.3 Å². The minimum Gasteiger partial charge on any atom is -0.504 e. The summed E-state index contributed by atoms with van der Waals surface area (Å²) in [6.07, 6.45) is 3.34. The average Bonchev–Trinajstić information content (AvgIpc) is 3.64. The molecule has 0 spiro atoms. The number of halogens is 2. The Balaban J connectivity index is 1.42. The monoisotopic (exact) mass is 653 g/mol. The van der Waals surface area contributed by atoms with Crippen LogP contribution >= 0.6 is 11.6 Å². The van der Waals surface area contributed by atoms with Gasteiger partial charge in [0.25, 0.3) is 5.56 Å². The van der Waals surface area contributed by atoms with E-state index in [9.17, 15) is 23.9 Å². The Morgan fingerprint density at radius 1 is 1.17 bits per heavy atom. The summed E-state index contributed by atoms with van der Waals surface area (Å²) in [7, 11) is 4.69. The van der Waals surface area contributed by atoms with E-state index in [1.54, 1.807) is 16.8 Å². The van der Waals surface area contributed by atoms with Crippen LogP contribution in [0.2, 0.25) is 5.02 Å². The number of aryl methyl sites for hydroxylation is 1. The molecule has 2 N–H and O–H groups in total. The molecule has 1 atom stereocenters. The van der Waals surface area contributed by atoms with Crippen LogP contribution in [0.15, 0.2) is 23.1 Å². The van der Waals surface area contributed by atoms with E-state index in [-0.39, 0.29) is 62.5 Å². The highest BCUT2D eigenvalue weighted by molar-refractivity contribution is 6.33. The minimum absolute atomic E-state index is 0.0576. The van der Waals surface area contributed by atoms with Crippen LogP contribution in [0.4, 0.5) is 15.9 Å². The van der Waals surface area contributed by atoms with Crippen LogP contribution in [0.1, 0.15) is 29.5 Å². The third-order valence-corrected chi connectivity index (χ3v) is 8.88. The van der Waals surface area contributed by atoms with Crippen molar-refractivity contribution in [3.8, 4) is 28.4 Å². The number of likely N-dealkylation sites (N-methyl/N-ethyl adjacent to an activating group) is 1. The van der Waals surface area contributed by atoms with Gasteiger partial charge in [-0.2, -0.15) is 4.39 Å². The number of aromatic hydroxyl groups is 1. The maximum atomic E-state index is 14.9. The zero-order chi connectivity index (χ0) is 32.9. The number of hydrogen-bond donors (Lipinski definition) is 2. The van der Waals surface area contributed by atoms with E-state index in [1.807, 2.05) is 18.9 Å². The van der Waals surface area contributed by atoms with E-state index >= 15 is 0 Å². The van der Waals surface area contributed by atoms with Crippen molar-refractivity contribution in [3.05, 3.63) is 51.0 Å². The Morgan fingerprint density at radius 2 is 1.93 bits per heavy atom. The van der Waals surface area contributed by atoms with E-state index in [0.29, 0.717) is 43.0 Å². The fourth-order valence-corrected chi connectivity index (χ4v) is 6.48. The SMILES string of the molecule is COc1c(-c2cn(CC(=O)Nc3cc(N4CCN(C)CC4C)nc(F)c3Cl)c3nc4n(c(=O)c23)CCC4)cc(C=O)c(O)c1OC. The van der Waals surface area contributed by atoms with Crippen molar-refractivity contribution in [1.82, 2.24) is 24.0 Å². The first-order chi connectivity index (χ1) is 22.1. The van der Waals surface area contributed by atoms with Gasteiger partial charge in [0.1, 0.15) is 28.9 Å². The number of nitrogens with zero attached hydrogens (tertiary/aromatic N) is 6. The lowest BCUT2D eigenvalue weighted by Gasteiger charge is -2.39. The molecule has 242 valence electrons. The molecule has 6 rings (SSSR count). The quantitative estimate of drug-likeness (QED) is 0.215. The second kappa shape index (κ2) is 12.2. The fraction of sp³-hybridized carbons (Fsp3) is 0.387. The molecule has 15 heteroatoms. The van der Waals surface area contributed by atoms with Crippen LogP contribution in [-0.2, 0) is 24.3 Å². The van der Waals surface area contributed by atoms with Gasteiger partial charge in [-0.05, 0) is 26.5 Å². The van der Waals surface area contributed by atoms with Crippen LogP contribution in [0, 0.1) is 5.95 Å². The number of anilines is 2. The highest BCUT2D eigenvalue weighted by atomic mass is 35.5. The largest absolute Gasteiger partial charge is 0.504 e. The maximum absolute atomic E-state index is 14.9. The number of ether oxygens (including phenoxy) is 2. The average molecular weight is 654 g/mol. The topological polar surface area (TPSA) is 144 Å². The molecule has 3 aromatic heterocycles. The number of phenolic OH excluding ortho intramolecular Hbond substituents is 1. The van der Waals surface area contributed by atoms with Gasteiger partial charge in [0.2, 0.25) is 17.6 Å². The fourth-order valence-electron chi connectivity index (χ4n) is 6.33. The normalized spacial score (nSPS) is 16.5. The summed E-state index contributed by atoms with van der Waals surface area (Å²) in [6, 6.07) is 3.00. The van der Waals surface area contributed by atoms with Gasteiger partial charge >= 0.3 is 0 Å². The highest BCUT2D eigenvalue weighted by Gasteiger charge is 2.29. The van der Waals surface area contributed by atoms with E-state index in [4.69, 9.17) is 26.1 Å². The molecule has 2 aliphatic heterocycles. The number of carbonyl (C=O) groups is 2. The molecule has 1 unspecified atom stereocenters. The summed E-state index contributed by atoms with van der Waals surface area (Å²) in [5.41, 5.74) is 0.500. The van der Waals surface area contributed by atoms with Gasteiger partial charge in [-0.15, -0.1) is 0 Å². The molecule has 1 fully saturated rings. The Labute approximate surface area is 268 Å². The van der Waals surface area contributed by atoms with Crippen molar-refractivity contribution in [2.45, 2.75) is 38.9 Å². The number of rotatable bonds is 8. The molecular formula is C31H33ClFN7O6. The maximum Gasteiger partial charge on any atom is 0.263 e.